The minimum Gasteiger partial charge on any atom is -0.399 e. The highest BCUT2D eigenvalue weighted by molar-refractivity contribution is 6.34. The summed E-state index contributed by atoms with van der Waals surface area (Å²) in [6.07, 6.45) is 0. The highest BCUT2D eigenvalue weighted by Crippen LogP contribution is 2.48. The molecule has 0 amide bonds. The molecule has 0 spiro atoms. The molecule has 0 aliphatic heterocycles. The average Bonchev–Trinajstić information content (AvgIpc) is 2.46. The van der Waals surface area contributed by atoms with Gasteiger partial charge in [-0.25, -0.2) is 0 Å². The first-order valence-electron chi connectivity index (χ1n) is 9.38. The molecule has 1 aromatic carbocycles. The lowest BCUT2D eigenvalue weighted by Crippen LogP contribution is -2.61. The Labute approximate surface area is 168 Å². The first kappa shape index (κ1) is 23.7. The quantitative estimate of drug-likeness (QED) is 0.534. The van der Waals surface area contributed by atoms with Crippen molar-refractivity contribution in [2.45, 2.75) is 67.7 Å². The topological polar surface area (TPSA) is 129 Å². The maximum absolute atomic E-state index is 13.9. The first-order valence-corrected chi connectivity index (χ1v) is 9.38. The summed E-state index contributed by atoms with van der Waals surface area (Å²) in [5.74, 6) is -1.57. The number of nitrogens with two attached hydrogens (primary N) is 3. The molecule has 1 aromatic rings. The molecule has 6 heteroatoms. The van der Waals surface area contributed by atoms with Crippen molar-refractivity contribution in [1.29, 1.82) is 0 Å². The predicted molar refractivity (Wildman–Crippen MR) is 115 cm³/mol. The molecular weight excluding hydrogens is 354 g/mol. The first-order chi connectivity index (χ1) is 12.3. The summed E-state index contributed by atoms with van der Waals surface area (Å²) < 4.78 is 0. The Morgan fingerprint density at radius 2 is 0.857 bits per heavy atom. The summed E-state index contributed by atoms with van der Waals surface area (Å²) in [5.41, 5.74) is 13.6. The fourth-order valence-corrected chi connectivity index (χ4v) is 3.48. The molecule has 6 N–H and O–H groups in total. The van der Waals surface area contributed by atoms with Crippen LogP contribution < -0.4 is 17.2 Å². The minimum absolute atomic E-state index is 0.0430. The summed E-state index contributed by atoms with van der Waals surface area (Å²) in [6.45, 7) is 15.1. The highest BCUT2D eigenvalue weighted by atomic mass is 16.2. The Balaban J connectivity index is 4.29. The lowest BCUT2D eigenvalue weighted by molar-refractivity contribution is -0.153. The van der Waals surface area contributed by atoms with Gasteiger partial charge in [-0.1, -0.05) is 62.3 Å². The number of ketones is 3. The van der Waals surface area contributed by atoms with Gasteiger partial charge in [0.1, 0.15) is 0 Å². The van der Waals surface area contributed by atoms with E-state index in [2.05, 4.69) is 0 Å². The Bertz CT molecular complexity index is 731. The minimum atomic E-state index is -2.13. The van der Waals surface area contributed by atoms with Crippen molar-refractivity contribution >= 4 is 34.4 Å². The molecule has 0 atom stereocenters. The molecule has 156 valence electrons. The number of nitrogen functional groups attached to an aromatic ring is 3. The number of hydrogen-bond donors (Lipinski definition) is 3. The Morgan fingerprint density at radius 3 is 1.07 bits per heavy atom. The van der Waals surface area contributed by atoms with Crippen LogP contribution in [-0.2, 0) is 19.8 Å². The Morgan fingerprint density at radius 1 is 0.607 bits per heavy atom. The van der Waals surface area contributed by atoms with Crippen molar-refractivity contribution in [2.24, 2.45) is 16.2 Å². The van der Waals surface area contributed by atoms with Gasteiger partial charge in [-0.2, -0.15) is 0 Å². The molecule has 0 aromatic heterocycles. The number of rotatable bonds is 4. The van der Waals surface area contributed by atoms with E-state index in [1.54, 1.807) is 62.3 Å². The van der Waals surface area contributed by atoms with Crippen molar-refractivity contribution in [1.82, 2.24) is 0 Å². The Kier molecular flexibility index (Phi) is 5.84. The average molecular weight is 390 g/mol. The van der Waals surface area contributed by atoms with E-state index in [1.165, 1.54) is 12.1 Å². The number of benzene rings is 1. The molecule has 0 saturated carbocycles. The van der Waals surface area contributed by atoms with Crippen molar-refractivity contribution in [2.75, 3.05) is 17.2 Å². The maximum Gasteiger partial charge on any atom is 0.176 e. The highest BCUT2D eigenvalue weighted by Gasteiger charge is 2.62. The molecule has 0 radical (unpaired) electrons. The van der Waals surface area contributed by atoms with Crippen molar-refractivity contribution in [3.8, 4) is 0 Å². The maximum atomic E-state index is 13.9. The van der Waals surface area contributed by atoms with Crippen LogP contribution in [0.25, 0.3) is 0 Å². The standard InChI is InChI=1S/C22H35N3O3/c1-19(2,3)16(26)22(17(27)20(4,5)6,18(28)21(7,8)9)15-13(24)10-12(23)11-14(15)25/h10-11H,23-25H2,1-9H3. The van der Waals surface area contributed by atoms with Crippen molar-refractivity contribution < 1.29 is 14.4 Å². The monoisotopic (exact) mass is 389 g/mol. The molecular formula is C22H35N3O3. The zero-order chi connectivity index (χ0) is 22.5. The van der Waals surface area contributed by atoms with Gasteiger partial charge in [-0.15, -0.1) is 0 Å². The van der Waals surface area contributed by atoms with Crippen LogP contribution in [0.4, 0.5) is 17.1 Å². The summed E-state index contributed by atoms with van der Waals surface area (Å²) in [5, 5.41) is 0. The van der Waals surface area contributed by atoms with Gasteiger partial charge >= 0.3 is 0 Å². The van der Waals surface area contributed by atoms with Crippen LogP contribution in [0, 0.1) is 16.2 Å². The van der Waals surface area contributed by atoms with E-state index in [-0.39, 0.29) is 16.9 Å². The molecule has 0 saturated heterocycles. The van der Waals surface area contributed by atoms with E-state index in [0.717, 1.165) is 0 Å². The third-order valence-corrected chi connectivity index (χ3v) is 4.66. The second-order valence-electron chi connectivity index (χ2n) is 10.6. The number of carbonyl (C=O) groups excluding carboxylic acids is 3. The fourth-order valence-electron chi connectivity index (χ4n) is 3.48. The number of Topliss-reactive ketones (excluding diaryl/α,β-unsaturated/α-hetero) is 3. The van der Waals surface area contributed by atoms with Gasteiger partial charge in [-0.05, 0) is 12.1 Å². The Hall–Kier alpha value is -2.37. The van der Waals surface area contributed by atoms with E-state index in [4.69, 9.17) is 17.2 Å². The molecule has 0 fully saturated rings. The van der Waals surface area contributed by atoms with E-state index in [9.17, 15) is 14.4 Å². The predicted octanol–water partition coefficient (Wildman–Crippen LogP) is 3.52. The van der Waals surface area contributed by atoms with Crippen molar-refractivity contribution in [3.63, 3.8) is 0 Å². The van der Waals surface area contributed by atoms with Gasteiger partial charge in [0, 0.05) is 38.9 Å². The van der Waals surface area contributed by atoms with E-state index < -0.39 is 39.0 Å². The zero-order valence-electron chi connectivity index (χ0n) is 18.6. The van der Waals surface area contributed by atoms with Crippen LogP contribution in [0.3, 0.4) is 0 Å². The van der Waals surface area contributed by atoms with Gasteiger partial charge in [0.15, 0.2) is 22.8 Å². The molecule has 6 nitrogen and oxygen atoms in total. The summed E-state index contributed by atoms with van der Waals surface area (Å²) in [4.78, 5) is 41.6. The van der Waals surface area contributed by atoms with E-state index in [0.29, 0.717) is 5.69 Å². The van der Waals surface area contributed by atoms with Gasteiger partial charge < -0.3 is 17.2 Å². The van der Waals surface area contributed by atoms with Gasteiger partial charge in [0.25, 0.3) is 0 Å². The zero-order valence-corrected chi connectivity index (χ0v) is 18.6. The second kappa shape index (κ2) is 6.90. The van der Waals surface area contributed by atoms with Crippen LogP contribution in [0.1, 0.15) is 67.9 Å². The smallest absolute Gasteiger partial charge is 0.176 e. The van der Waals surface area contributed by atoms with Gasteiger partial charge in [0.2, 0.25) is 0 Å². The SMILES string of the molecule is CC(C)(C)C(=O)C(C(=O)C(C)(C)C)(C(=O)C(C)(C)C)c1c(N)cc(N)cc1N. The number of carbonyl (C=O) groups is 3. The fraction of sp³-hybridized carbons (Fsp3) is 0.591. The number of hydrogen-bond acceptors (Lipinski definition) is 6. The molecule has 0 heterocycles. The van der Waals surface area contributed by atoms with Crippen LogP contribution >= 0.6 is 0 Å². The molecule has 0 aliphatic carbocycles. The molecule has 1 rings (SSSR count). The third-order valence-electron chi connectivity index (χ3n) is 4.66. The number of anilines is 3. The molecule has 0 unspecified atom stereocenters. The van der Waals surface area contributed by atoms with Crippen molar-refractivity contribution in [3.05, 3.63) is 17.7 Å². The molecule has 0 bridgehead atoms. The van der Waals surface area contributed by atoms with E-state index >= 15 is 0 Å². The van der Waals surface area contributed by atoms with Crippen LogP contribution in [0.5, 0.6) is 0 Å². The summed E-state index contributed by atoms with van der Waals surface area (Å²) >= 11 is 0. The van der Waals surface area contributed by atoms with Gasteiger partial charge in [-0.3, -0.25) is 14.4 Å². The lowest BCUT2D eigenvalue weighted by atomic mass is 9.55. The van der Waals surface area contributed by atoms with Gasteiger partial charge in [0.05, 0.1) is 0 Å². The van der Waals surface area contributed by atoms with Crippen LogP contribution in [0.15, 0.2) is 12.1 Å². The van der Waals surface area contributed by atoms with Crippen LogP contribution in [-0.4, -0.2) is 17.3 Å². The third kappa shape index (κ3) is 3.91. The summed E-state index contributed by atoms with van der Waals surface area (Å²) in [7, 11) is 0. The van der Waals surface area contributed by atoms with Crippen LogP contribution in [0.2, 0.25) is 0 Å². The largest absolute Gasteiger partial charge is 0.399 e. The van der Waals surface area contributed by atoms with E-state index in [1.807, 2.05) is 0 Å². The molecule has 0 aliphatic rings. The summed E-state index contributed by atoms with van der Waals surface area (Å²) in [6, 6.07) is 2.87. The lowest BCUT2D eigenvalue weighted by Gasteiger charge is -2.43. The second-order valence-corrected chi connectivity index (χ2v) is 10.6. The normalized spacial score (nSPS) is 13.3. The molecule has 28 heavy (non-hydrogen) atoms.